The SMILES string of the molecule is O=C(N=NC(=O)c1ccccn1)c1ccccn1. The number of azo groups is 1. The molecule has 0 aromatic carbocycles. The molecule has 0 radical (unpaired) electrons. The summed E-state index contributed by atoms with van der Waals surface area (Å²) in [6.45, 7) is 0. The first kappa shape index (κ1) is 11.7. The van der Waals surface area contributed by atoms with Crippen LogP contribution in [-0.4, -0.2) is 21.8 Å². The van der Waals surface area contributed by atoms with Gasteiger partial charge in [-0.05, 0) is 24.3 Å². The molecule has 0 N–H and O–H groups in total. The normalized spacial score (nSPS) is 10.4. The minimum Gasteiger partial charge on any atom is -0.263 e. The van der Waals surface area contributed by atoms with Crippen molar-refractivity contribution >= 4 is 11.8 Å². The lowest BCUT2D eigenvalue weighted by atomic mass is 10.3. The van der Waals surface area contributed by atoms with E-state index in [0.717, 1.165) is 0 Å². The molecule has 6 heteroatoms. The van der Waals surface area contributed by atoms with E-state index in [1.807, 2.05) is 0 Å². The number of amides is 2. The van der Waals surface area contributed by atoms with E-state index in [0.29, 0.717) is 0 Å². The summed E-state index contributed by atoms with van der Waals surface area (Å²) in [6, 6.07) is 9.63. The second-order valence-corrected chi connectivity index (χ2v) is 3.24. The van der Waals surface area contributed by atoms with Crippen LogP contribution in [-0.2, 0) is 0 Å². The molecule has 2 aromatic heterocycles. The second-order valence-electron chi connectivity index (χ2n) is 3.24. The van der Waals surface area contributed by atoms with E-state index in [4.69, 9.17) is 0 Å². The minimum absolute atomic E-state index is 0.134. The van der Waals surface area contributed by atoms with Crippen molar-refractivity contribution in [3.8, 4) is 0 Å². The number of rotatable bonds is 2. The molecule has 0 fully saturated rings. The van der Waals surface area contributed by atoms with Gasteiger partial charge in [-0.3, -0.25) is 19.6 Å². The molecule has 0 bridgehead atoms. The second kappa shape index (κ2) is 5.53. The number of nitrogens with zero attached hydrogens (tertiary/aromatic N) is 4. The van der Waals surface area contributed by atoms with Gasteiger partial charge in [0.05, 0.1) is 0 Å². The first-order chi connectivity index (χ1) is 8.77. The molecule has 0 aliphatic carbocycles. The third-order valence-corrected chi connectivity index (χ3v) is 2.00. The van der Waals surface area contributed by atoms with Gasteiger partial charge in [-0.15, -0.1) is 10.2 Å². The van der Waals surface area contributed by atoms with Gasteiger partial charge in [-0.1, -0.05) is 12.1 Å². The summed E-state index contributed by atoms with van der Waals surface area (Å²) in [6.07, 6.45) is 2.92. The molecule has 6 nitrogen and oxygen atoms in total. The molecule has 0 spiro atoms. The van der Waals surface area contributed by atoms with Crippen LogP contribution in [0.4, 0.5) is 0 Å². The molecule has 0 atom stereocenters. The molecular weight excluding hydrogens is 232 g/mol. The van der Waals surface area contributed by atoms with Crippen molar-refractivity contribution in [3.05, 3.63) is 60.2 Å². The van der Waals surface area contributed by atoms with Crippen molar-refractivity contribution in [2.75, 3.05) is 0 Å². The van der Waals surface area contributed by atoms with Crippen molar-refractivity contribution in [1.29, 1.82) is 0 Å². The van der Waals surface area contributed by atoms with Gasteiger partial charge in [-0.2, -0.15) is 0 Å². The molecule has 2 heterocycles. The fourth-order valence-electron chi connectivity index (χ4n) is 1.17. The lowest BCUT2D eigenvalue weighted by molar-refractivity contribution is 0.0942. The van der Waals surface area contributed by atoms with E-state index in [9.17, 15) is 9.59 Å². The molecule has 0 saturated heterocycles. The zero-order valence-electron chi connectivity index (χ0n) is 9.22. The van der Waals surface area contributed by atoms with Crippen LogP contribution in [0.15, 0.2) is 59.0 Å². The number of aromatic nitrogens is 2. The summed E-state index contributed by atoms with van der Waals surface area (Å²) in [4.78, 5) is 30.6. The largest absolute Gasteiger partial charge is 0.314 e. The maximum absolute atomic E-state index is 11.5. The lowest BCUT2D eigenvalue weighted by Crippen LogP contribution is -2.00. The Labute approximate surface area is 102 Å². The van der Waals surface area contributed by atoms with Crippen LogP contribution < -0.4 is 0 Å². The van der Waals surface area contributed by atoms with E-state index in [1.165, 1.54) is 24.5 Å². The molecule has 2 aromatic rings. The van der Waals surface area contributed by atoms with Crippen LogP contribution in [0.3, 0.4) is 0 Å². The van der Waals surface area contributed by atoms with Crippen LogP contribution in [0.1, 0.15) is 21.0 Å². The summed E-state index contributed by atoms with van der Waals surface area (Å²) in [5.41, 5.74) is 0.269. The van der Waals surface area contributed by atoms with Crippen molar-refractivity contribution in [1.82, 2.24) is 9.97 Å². The summed E-state index contributed by atoms with van der Waals surface area (Å²) < 4.78 is 0. The van der Waals surface area contributed by atoms with Gasteiger partial charge in [0.15, 0.2) is 0 Å². The Bertz CT molecular complexity index is 528. The maximum Gasteiger partial charge on any atom is 0.314 e. The van der Waals surface area contributed by atoms with Crippen LogP contribution >= 0.6 is 0 Å². The predicted octanol–water partition coefficient (Wildman–Crippen LogP) is 1.91. The molecule has 0 aliphatic heterocycles. The molecule has 88 valence electrons. The topological polar surface area (TPSA) is 84.6 Å². The zero-order chi connectivity index (χ0) is 12.8. The van der Waals surface area contributed by atoms with Crippen LogP contribution in [0.25, 0.3) is 0 Å². The summed E-state index contributed by atoms with van der Waals surface area (Å²) in [5.74, 6) is -1.33. The van der Waals surface area contributed by atoms with E-state index in [1.54, 1.807) is 24.3 Å². The third-order valence-electron chi connectivity index (χ3n) is 2.00. The smallest absolute Gasteiger partial charge is 0.263 e. The summed E-state index contributed by atoms with van der Waals surface area (Å²) in [7, 11) is 0. The zero-order valence-corrected chi connectivity index (χ0v) is 9.22. The Morgan fingerprint density at radius 2 is 1.22 bits per heavy atom. The van der Waals surface area contributed by atoms with Gasteiger partial charge in [0, 0.05) is 12.4 Å². The number of hydrogen-bond acceptors (Lipinski definition) is 4. The Morgan fingerprint density at radius 3 is 1.56 bits per heavy atom. The van der Waals surface area contributed by atoms with E-state index in [2.05, 4.69) is 20.2 Å². The Hall–Kier alpha value is -2.76. The molecule has 0 aliphatic rings. The lowest BCUT2D eigenvalue weighted by Gasteiger charge is -1.92. The summed E-state index contributed by atoms with van der Waals surface area (Å²) >= 11 is 0. The van der Waals surface area contributed by atoms with Gasteiger partial charge in [0.25, 0.3) is 0 Å². The minimum atomic E-state index is -0.667. The molecule has 0 saturated carbocycles. The Balaban J connectivity index is 2.08. The van der Waals surface area contributed by atoms with E-state index < -0.39 is 11.8 Å². The quantitative estimate of drug-likeness (QED) is 0.750. The number of carbonyl (C=O) groups excluding carboxylic acids is 2. The van der Waals surface area contributed by atoms with Crippen LogP contribution in [0.2, 0.25) is 0 Å². The average Bonchev–Trinajstić information content (AvgIpc) is 2.46. The molecular formula is C12H8N4O2. The first-order valence-corrected chi connectivity index (χ1v) is 5.10. The van der Waals surface area contributed by atoms with Gasteiger partial charge in [-0.25, -0.2) is 0 Å². The Morgan fingerprint density at radius 1 is 0.778 bits per heavy atom. The van der Waals surface area contributed by atoms with Gasteiger partial charge in [0.2, 0.25) is 0 Å². The monoisotopic (exact) mass is 240 g/mol. The van der Waals surface area contributed by atoms with Crippen molar-refractivity contribution in [3.63, 3.8) is 0 Å². The fraction of sp³-hybridized carbons (Fsp3) is 0. The average molecular weight is 240 g/mol. The van der Waals surface area contributed by atoms with Crippen molar-refractivity contribution in [2.24, 2.45) is 10.2 Å². The standard InChI is InChI=1S/C12H8N4O2/c17-11(9-5-1-3-7-13-9)15-16-12(18)10-6-2-4-8-14-10/h1-8H. The number of carbonyl (C=O) groups is 2. The maximum atomic E-state index is 11.5. The van der Waals surface area contributed by atoms with Gasteiger partial charge in [0.1, 0.15) is 11.4 Å². The third kappa shape index (κ3) is 2.88. The van der Waals surface area contributed by atoms with Crippen LogP contribution in [0, 0.1) is 0 Å². The highest BCUT2D eigenvalue weighted by atomic mass is 16.2. The van der Waals surface area contributed by atoms with E-state index in [-0.39, 0.29) is 11.4 Å². The number of hydrogen-bond donors (Lipinski definition) is 0. The van der Waals surface area contributed by atoms with Crippen molar-refractivity contribution in [2.45, 2.75) is 0 Å². The number of pyridine rings is 2. The highest BCUT2D eigenvalue weighted by molar-refractivity contribution is 5.96. The highest BCUT2D eigenvalue weighted by Crippen LogP contribution is 2.00. The van der Waals surface area contributed by atoms with Crippen LogP contribution in [0.5, 0.6) is 0 Å². The molecule has 0 unspecified atom stereocenters. The highest BCUT2D eigenvalue weighted by Gasteiger charge is 2.08. The van der Waals surface area contributed by atoms with Gasteiger partial charge < -0.3 is 0 Å². The molecule has 2 rings (SSSR count). The van der Waals surface area contributed by atoms with E-state index >= 15 is 0 Å². The predicted molar refractivity (Wildman–Crippen MR) is 62.0 cm³/mol. The van der Waals surface area contributed by atoms with Crippen molar-refractivity contribution < 1.29 is 9.59 Å². The fourth-order valence-corrected chi connectivity index (χ4v) is 1.17. The first-order valence-electron chi connectivity index (χ1n) is 5.10. The van der Waals surface area contributed by atoms with Gasteiger partial charge >= 0.3 is 11.8 Å². The Kier molecular flexibility index (Phi) is 3.60. The summed E-state index contributed by atoms with van der Waals surface area (Å²) in [5, 5.41) is 6.61. The molecule has 18 heavy (non-hydrogen) atoms. The molecule has 2 amide bonds.